The Morgan fingerprint density at radius 1 is 0.763 bits per heavy atom. The predicted molar refractivity (Wildman–Crippen MR) is 162 cm³/mol. The molecule has 0 spiro atoms. The Kier molecular flexibility index (Phi) is 14.0. The van der Waals surface area contributed by atoms with E-state index in [2.05, 4.69) is 46.5 Å². The van der Waals surface area contributed by atoms with Crippen LogP contribution in [0.1, 0.15) is 95.5 Å². The number of anilines is 1. The van der Waals surface area contributed by atoms with Gasteiger partial charge in [-0.15, -0.1) is 6.58 Å². The highest BCUT2D eigenvalue weighted by Crippen LogP contribution is 2.31. The van der Waals surface area contributed by atoms with Gasteiger partial charge in [-0.25, -0.2) is 0 Å². The van der Waals surface area contributed by atoms with Crippen LogP contribution in [0, 0.1) is 23.7 Å². The summed E-state index contributed by atoms with van der Waals surface area (Å²) in [6.07, 6.45) is 9.89. The zero-order valence-corrected chi connectivity index (χ0v) is 24.7. The van der Waals surface area contributed by atoms with Crippen LogP contribution in [0.4, 0.5) is 5.69 Å². The summed E-state index contributed by atoms with van der Waals surface area (Å²) in [4.78, 5) is 13.2. The summed E-state index contributed by atoms with van der Waals surface area (Å²) in [5.74, 6) is 3.95. The minimum Gasteiger partial charge on any atom is -0.490 e. The first-order valence-corrected chi connectivity index (χ1v) is 14.6. The molecule has 0 amide bonds. The van der Waals surface area contributed by atoms with Crippen LogP contribution in [0.3, 0.4) is 0 Å². The highest BCUT2D eigenvalue weighted by Gasteiger charge is 2.15. The van der Waals surface area contributed by atoms with Crippen LogP contribution < -0.4 is 14.8 Å². The first-order valence-electron chi connectivity index (χ1n) is 14.6. The second-order valence-electron chi connectivity index (χ2n) is 11.5. The minimum atomic E-state index is -0.0177. The van der Waals surface area contributed by atoms with E-state index < -0.39 is 0 Å². The molecular formula is C34H51NO3. The lowest BCUT2D eigenvalue weighted by atomic mass is 9.94. The van der Waals surface area contributed by atoms with Crippen molar-refractivity contribution in [3.05, 3.63) is 66.2 Å². The van der Waals surface area contributed by atoms with Crippen LogP contribution in [0.5, 0.6) is 11.5 Å². The lowest BCUT2D eigenvalue weighted by molar-refractivity contribution is 0.103. The molecule has 0 aromatic heterocycles. The van der Waals surface area contributed by atoms with Crippen LogP contribution in [-0.4, -0.2) is 26.0 Å². The van der Waals surface area contributed by atoms with Gasteiger partial charge >= 0.3 is 0 Å². The third-order valence-corrected chi connectivity index (χ3v) is 7.34. The third-order valence-electron chi connectivity index (χ3n) is 7.34. The van der Waals surface area contributed by atoms with E-state index in [0.29, 0.717) is 47.8 Å². The number of ketones is 1. The number of nitrogens with one attached hydrogen (secondary N) is 1. The highest BCUT2D eigenvalue weighted by atomic mass is 16.5. The number of allylic oxidation sites excluding steroid dienone is 1. The molecule has 210 valence electrons. The van der Waals surface area contributed by atoms with Crippen molar-refractivity contribution in [2.75, 3.05) is 25.6 Å². The molecule has 38 heavy (non-hydrogen) atoms. The number of benzene rings is 2. The van der Waals surface area contributed by atoms with E-state index in [1.165, 1.54) is 25.7 Å². The van der Waals surface area contributed by atoms with Crippen molar-refractivity contribution < 1.29 is 14.3 Å². The largest absolute Gasteiger partial charge is 0.490 e. The summed E-state index contributed by atoms with van der Waals surface area (Å²) in [5.41, 5.74) is 2.25. The van der Waals surface area contributed by atoms with Gasteiger partial charge in [-0.3, -0.25) is 4.79 Å². The molecule has 0 fully saturated rings. The fraction of sp³-hybridized carbons (Fsp3) is 0.559. The summed E-state index contributed by atoms with van der Waals surface area (Å²) < 4.78 is 12.5. The van der Waals surface area contributed by atoms with E-state index in [-0.39, 0.29) is 5.78 Å². The zero-order chi connectivity index (χ0) is 27.9. The van der Waals surface area contributed by atoms with Crippen molar-refractivity contribution in [3.8, 4) is 11.5 Å². The molecule has 0 aliphatic rings. The number of hydrogen-bond donors (Lipinski definition) is 1. The molecule has 0 heterocycles. The molecule has 0 saturated carbocycles. The van der Waals surface area contributed by atoms with Gasteiger partial charge in [0.25, 0.3) is 0 Å². The van der Waals surface area contributed by atoms with Crippen LogP contribution in [0.25, 0.3) is 0 Å². The number of carbonyl (C=O) groups excluding carboxylic acids is 1. The topological polar surface area (TPSA) is 47.6 Å². The van der Waals surface area contributed by atoms with Crippen LogP contribution in [0.15, 0.2) is 55.1 Å². The molecule has 4 nitrogen and oxygen atoms in total. The maximum absolute atomic E-state index is 13.2. The number of ether oxygens (including phenoxy) is 2. The second kappa shape index (κ2) is 17.0. The fourth-order valence-corrected chi connectivity index (χ4v) is 4.45. The van der Waals surface area contributed by atoms with Gasteiger partial charge in [0.1, 0.15) is 0 Å². The fourth-order valence-electron chi connectivity index (χ4n) is 4.45. The monoisotopic (exact) mass is 521 g/mol. The van der Waals surface area contributed by atoms with Gasteiger partial charge in [0.05, 0.1) is 13.2 Å². The lowest BCUT2D eigenvalue weighted by Gasteiger charge is -2.18. The average Bonchev–Trinajstić information content (AvgIpc) is 2.91. The van der Waals surface area contributed by atoms with Crippen molar-refractivity contribution in [2.45, 2.75) is 79.6 Å². The maximum Gasteiger partial charge on any atom is 0.193 e. The van der Waals surface area contributed by atoms with Crippen molar-refractivity contribution in [2.24, 2.45) is 23.7 Å². The summed E-state index contributed by atoms with van der Waals surface area (Å²) in [7, 11) is 1.87. The molecule has 2 rings (SSSR count). The Morgan fingerprint density at radius 2 is 1.32 bits per heavy atom. The quantitative estimate of drug-likeness (QED) is 0.148. The Balaban J connectivity index is 2.06. The Morgan fingerprint density at radius 3 is 1.89 bits per heavy atom. The first kappa shape index (κ1) is 31.5. The molecule has 1 N–H and O–H groups in total. The van der Waals surface area contributed by atoms with Crippen molar-refractivity contribution in [1.82, 2.24) is 0 Å². The molecule has 0 radical (unpaired) electrons. The van der Waals surface area contributed by atoms with Crippen molar-refractivity contribution in [3.63, 3.8) is 0 Å². The number of carbonyl (C=O) groups is 1. The molecule has 4 heteroatoms. The molecule has 3 unspecified atom stereocenters. The average molecular weight is 522 g/mol. The van der Waals surface area contributed by atoms with Gasteiger partial charge in [0.15, 0.2) is 17.3 Å². The van der Waals surface area contributed by atoms with E-state index >= 15 is 0 Å². The van der Waals surface area contributed by atoms with E-state index in [4.69, 9.17) is 9.47 Å². The van der Waals surface area contributed by atoms with Gasteiger partial charge in [0, 0.05) is 23.9 Å². The molecule has 0 aliphatic carbocycles. The second-order valence-corrected chi connectivity index (χ2v) is 11.5. The molecular weight excluding hydrogens is 470 g/mol. The molecule has 0 bridgehead atoms. The summed E-state index contributed by atoms with van der Waals surface area (Å²) in [6.45, 7) is 16.5. The van der Waals surface area contributed by atoms with Gasteiger partial charge in [-0.1, -0.05) is 66.4 Å². The Bertz CT molecular complexity index is 966. The molecule has 2 aromatic carbocycles. The third kappa shape index (κ3) is 11.3. The van der Waals surface area contributed by atoms with Crippen LogP contribution in [0.2, 0.25) is 0 Å². The Labute approximate surface area is 232 Å². The number of hydrogen-bond acceptors (Lipinski definition) is 4. The van der Waals surface area contributed by atoms with Crippen molar-refractivity contribution >= 4 is 11.5 Å². The highest BCUT2D eigenvalue weighted by molar-refractivity contribution is 6.09. The van der Waals surface area contributed by atoms with E-state index in [9.17, 15) is 4.79 Å². The summed E-state index contributed by atoms with van der Waals surface area (Å²) in [6, 6.07) is 13.1. The van der Waals surface area contributed by atoms with Crippen LogP contribution in [-0.2, 0) is 0 Å². The van der Waals surface area contributed by atoms with E-state index in [1.54, 1.807) is 0 Å². The lowest BCUT2D eigenvalue weighted by Crippen LogP contribution is -2.10. The summed E-state index contributed by atoms with van der Waals surface area (Å²) in [5, 5.41) is 3.09. The standard InChI is InChI=1S/C34H51NO3/c1-8-9-26(4)12-13-28(6)21-23-38-33-24-30(34(36)29-14-17-31(35-7)18-15-29)16-19-32(33)37-22-20-27(5)11-10-25(2)3/h8,14-19,24-28,35H,1,9-13,20-23H2,2-7H3. The van der Waals surface area contributed by atoms with Gasteiger partial charge in [0.2, 0.25) is 0 Å². The summed E-state index contributed by atoms with van der Waals surface area (Å²) >= 11 is 0. The predicted octanol–water partition coefficient (Wildman–Crippen LogP) is 9.20. The molecule has 3 atom stereocenters. The van der Waals surface area contributed by atoms with Gasteiger partial charge in [-0.05, 0) is 85.4 Å². The SMILES string of the molecule is C=CCC(C)CCC(C)CCOc1cc(C(=O)c2ccc(NC)cc2)ccc1OCCC(C)CCC(C)C. The van der Waals surface area contributed by atoms with Gasteiger partial charge < -0.3 is 14.8 Å². The Hall–Kier alpha value is -2.75. The normalized spacial score (nSPS) is 13.6. The maximum atomic E-state index is 13.2. The molecule has 2 aromatic rings. The molecule has 0 aliphatic heterocycles. The van der Waals surface area contributed by atoms with Gasteiger partial charge in [-0.2, -0.15) is 0 Å². The zero-order valence-electron chi connectivity index (χ0n) is 24.7. The van der Waals surface area contributed by atoms with E-state index in [1.807, 2.05) is 55.6 Å². The smallest absolute Gasteiger partial charge is 0.193 e. The molecule has 0 saturated heterocycles. The first-order chi connectivity index (χ1) is 18.2. The van der Waals surface area contributed by atoms with E-state index in [0.717, 1.165) is 36.6 Å². The van der Waals surface area contributed by atoms with Crippen LogP contribution >= 0.6 is 0 Å². The minimum absolute atomic E-state index is 0.0177. The number of rotatable bonds is 19. The van der Waals surface area contributed by atoms with Crippen molar-refractivity contribution in [1.29, 1.82) is 0 Å².